The van der Waals surface area contributed by atoms with Crippen LogP contribution >= 0.6 is 0 Å². The van der Waals surface area contributed by atoms with Crippen molar-refractivity contribution in [2.75, 3.05) is 0 Å². The molecule has 2 aromatic carbocycles. The minimum Gasteiger partial charge on any atom is -0.364 e. The van der Waals surface area contributed by atoms with Gasteiger partial charge in [-0.15, -0.1) is 0 Å². The molecule has 0 bridgehead atoms. The highest BCUT2D eigenvalue weighted by molar-refractivity contribution is 6.04. The van der Waals surface area contributed by atoms with E-state index in [0.717, 1.165) is 12.8 Å². The molecule has 33 heavy (non-hydrogen) atoms. The molecule has 3 aromatic rings. The summed E-state index contributed by atoms with van der Waals surface area (Å²) in [5.74, 6) is -0.111. The molecule has 0 unspecified atom stereocenters. The van der Waals surface area contributed by atoms with Crippen LogP contribution in [0, 0.1) is 5.92 Å². The fourth-order valence-electron chi connectivity index (χ4n) is 5.39. The second kappa shape index (κ2) is 7.43. The van der Waals surface area contributed by atoms with E-state index in [9.17, 15) is 14.4 Å². The topological polar surface area (TPSA) is 110 Å². The number of nitrogens with one attached hydrogen (secondary N) is 1. The largest absolute Gasteiger partial charge is 0.364 e. The number of nitrogens with two attached hydrogens (primary N) is 1. The van der Waals surface area contributed by atoms with Crippen LogP contribution in [0.1, 0.15) is 41.2 Å². The number of amides is 3. The maximum Gasteiger partial charge on any atom is 0.269 e. The molecule has 3 amide bonds. The number of primary amides is 1. The molecule has 2 heterocycles. The standard InChI is InChI=1S/C25H25N5O3/c26-24(32)23-16-8-4-5-9-19(16)29(28-23)13-22(31)30-20-10-15(20)11-21(30)25(33)27-18-12-17(18)14-6-2-1-3-7-14/h1-9,15,17-18,20-21H,10-13H2,(H2,26,32)(H,27,33)/t15-,17+,18-,20-,21+/m1/s1. The van der Waals surface area contributed by atoms with Crippen molar-refractivity contribution in [1.29, 1.82) is 0 Å². The zero-order valence-electron chi connectivity index (χ0n) is 18.1. The zero-order chi connectivity index (χ0) is 22.7. The van der Waals surface area contributed by atoms with Crippen LogP contribution in [0.2, 0.25) is 0 Å². The van der Waals surface area contributed by atoms with E-state index < -0.39 is 11.9 Å². The molecule has 1 aromatic heterocycles. The highest BCUT2D eigenvalue weighted by atomic mass is 16.2. The first-order valence-corrected chi connectivity index (χ1v) is 11.4. The van der Waals surface area contributed by atoms with E-state index in [1.54, 1.807) is 17.0 Å². The fourth-order valence-corrected chi connectivity index (χ4v) is 5.39. The molecule has 168 valence electrons. The van der Waals surface area contributed by atoms with E-state index in [4.69, 9.17) is 5.73 Å². The van der Waals surface area contributed by atoms with Gasteiger partial charge in [-0.2, -0.15) is 5.10 Å². The average Bonchev–Trinajstić information content (AvgIpc) is 3.70. The van der Waals surface area contributed by atoms with Crippen molar-refractivity contribution in [3.8, 4) is 0 Å². The number of carbonyl (C=O) groups is 3. The van der Waals surface area contributed by atoms with Crippen LogP contribution < -0.4 is 11.1 Å². The predicted octanol–water partition coefficient (Wildman–Crippen LogP) is 1.80. The molecule has 2 aliphatic carbocycles. The number of aromatic nitrogens is 2. The lowest BCUT2D eigenvalue weighted by Gasteiger charge is -2.27. The van der Waals surface area contributed by atoms with E-state index in [0.29, 0.717) is 29.2 Å². The van der Waals surface area contributed by atoms with Gasteiger partial charge in [-0.25, -0.2) is 0 Å². The van der Waals surface area contributed by atoms with Gasteiger partial charge in [0.1, 0.15) is 12.6 Å². The number of nitrogens with zero attached hydrogens (tertiary/aromatic N) is 3. The van der Waals surface area contributed by atoms with Gasteiger partial charge in [0.05, 0.1) is 5.52 Å². The van der Waals surface area contributed by atoms with E-state index in [-0.39, 0.29) is 36.1 Å². The Morgan fingerprint density at radius 1 is 1.00 bits per heavy atom. The number of para-hydroxylation sites is 1. The summed E-state index contributed by atoms with van der Waals surface area (Å²) in [6.07, 6.45) is 2.58. The van der Waals surface area contributed by atoms with Crippen LogP contribution in [0.15, 0.2) is 54.6 Å². The van der Waals surface area contributed by atoms with Crippen LogP contribution in [0.5, 0.6) is 0 Å². The molecule has 5 atom stereocenters. The summed E-state index contributed by atoms with van der Waals surface area (Å²) in [6.45, 7) is -0.0309. The van der Waals surface area contributed by atoms with Crippen molar-refractivity contribution in [3.63, 3.8) is 0 Å². The molecule has 3 aliphatic rings. The highest BCUT2D eigenvalue weighted by Gasteiger charge is 2.56. The number of benzene rings is 2. The van der Waals surface area contributed by atoms with Gasteiger partial charge in [0.25, 0.3) is 5.91 Å². The Kier molecular flexibility index (Phi) is 4.50. The molecule has 1 saturated heterocycles. The van der Waals surface area contributed by atoms with E-state index in [2.05, 4.69) is 22.5 Å². The van der Waals surface area contributed by atoms with Gasteiger partial charge in [-0.3, -0.25) is 19.1 Å². The fraction of sp³-hybridized carbons (Fsp3) is 0.360. The number of carbonyl (C=O) groups excluding carboxylic acids is 3. The van der Waals surface area contributed by atoms with Crippen molar-refractivity contribution >= 4 is 28.6 Å². The quantitative estimate of drug-likeness (QED) is 0.605. The van der Waals surface area contributed by atoms with E-state index >= 15 is 0 Å². The number of hydrogen-bond donors (Lipinski definition) is 2. The average molecular weight is 444 g/mol. The summed E-state index contributed by atoms with van der Waals surface area (Å²) in [7, 11) is 0. The Morgan fingerprint density at radius 2 is 1.76 bits per heavy atom. The van der Waals surface area contributed by atoms with E-state index in [1.807, 2.05) is 30.3 Å². The molecule has 2 saturated carbocycles. The summed E-state index contributed by atoms with van der Waals surface area (Å²) in [6, 6.07) is 17.2. The Morgan fingerprint density at radius 3 is 2.55 bits per heavy atom. The summed E-state index contributed by atoms with van der Waals surface area (Å²) in [4.78, 5) is 40.0. The van der Waals surface area contributed by atoms with E-state index in [1.165, 1.54) is 10.2 Å². The van der Waals surface area contributed by atoms with Crippen molar-refractivity contribution in [1.82, 2.24) is 20.0 Å². The first kappa shape index (κ1) is 20.0. The number of hydrogen-bond acceptors (Lipinski definition) is 4. The Hall–Kier alpha value is -3.68. The summed E-state index contributed by atoms with van der Waals surface area (Å²) in [5.41, 5.74) is 7.54. The number of fused-ring (bicyclic) bond motifs is 2. The predicted molar refractivity (Wildman–Crippen MR) is 121 cm³/mol. The first-order valence-electron chi connectivity index (χ1n) is 11.4. The van der Waals surface area contributed by atoms with Crippen LogP contribution in [0.25, 0.3) is 10.9 Å². The van der Waals surface area contributed by atoms with Gasteiger partial charge in [-0.1, -0.05) is 48.5 Å². The molecule has 3 fully saturated rings. The molecule has 0 radical (unpaired) electrons. The van der Waals surface area contributed by atoms with Crippen molar-refractivity contribution < 1.29 is 14.4 Å². The lowest BCUT2D eigenvalue weighted by Crippen LogP contribution is -2.49. The first-order chi connectivity index (χ1) is 16.0. The lowest BCUT2D eigenvalue weighted by molar-refractivity contribution is -0.140. The summed E-state index contributed by atoms with van der Waals surface area (Å²) in [5, 5.41) is 8.09. The molecular formula is C25H25N5O3. The Bertz CT molecular complexity index is 1270. The SMILES string of the molecule is NC(=O)c1nn(CC(=O)N2[C@@H]3C[C@@H]3C[C@H]2C(=O)N[C@@H]2C[C@H]2c2ccccc2)c2ccccc12. The molecule has 8 nitrogen and oxygen atoms in total. The minimum absolute atomic E-state index is 0.0309. The molecular weight excluding hydrogens is 418 g/mol. The van der Waals surface area contributed by atoms with Gasteiger partial charge in [-0.05, 0) is 36.8 Å². The summed E-state index contributed by atoms with van der Waals surface area (Å²) >= 11 is 0. The highest BCUT2D eigenvalue weighted by Crippen LogP contribution is 2.48. The molecule has 3 N–H and O–H groups in total. The third-order valence-corrected chi connectivity index (χ3v) is 7.22. The van der Waals surface area contributed by atoms with Crippen LogP contribution in [-0.4, -0.2) is 50.5 Å². The second-order valence-electron chi connectivity index (χ2n) is 9.37. The lowest BCUT2D eigenvalue weighted by atomic mass is 10.1. The zero-order valence-corrected chi connectivity index (χ0v) is 18.1. The molecule has 0 spiro atoms. The number of rotatable bonds is 6. The maximum absolute atomic E-state index is 13.3. The van der Waals surface area contributed by atoms with Crippen molar-refractivity contribution in [2.24, 2.45) is 11.7 Å². The summed E-state index contributed by atoms with van der Waals surface area (Å²) < 4.78 is 1.52. The third kappa shape index (κ3) is 3.46. The van der Waals surface area contributed by atoms with Gasteiger partial charge in [0, 0.05) is 23.4 Å². The van der Waals surface area contributed by atoms with Crippen LogP contribution in [0.3, 0.4) is 0 Å². The Balaban J connectivity index is 1.18. The van der Waals surface area contributed by atoms with Gasteiger partial charge in [0.2, 0.25) is 11.8 Å². The van der Waals surface area contributed by atoms with Crippen molar-refractivity contribution in [3.05, 3.63) is 65.9 Å². The molecule has 1 aliphatic heterocycles. The second-order valence-corrected chi connectivity index (χ2v) is 9.37. The normalized spacial score (nSPS) is 27.3. The van der Waals surface area contributed by atoms with Crippen LogP contribution in [0.4, 0.5) is 0 Å². The number of piperidine rings is 1. The van der Waals surface area contributed by atoms with Crippen molar-refractivity contribution in [2.45, 2.75) is 49.9 Å². The molecule has 8 heteroatoms. The Labute approximate surface area is 190 Å². The van der Waals surface area contributed by atoms with Gasteiger partial charge >= 0.3 is 0 Å². The minimum atomic E-state index is -0.629. The van der Waals surface area contributed by atoms with Gasteiger partial charge < -0.3 is 16.0 Å². The smallest absolute Gasteiger partial charge is 0.269 e. The van der Waals surface area contributed by atoms with Crippen LogP contribution in [-0.2, 0) is 16.1 Å². The number of likely N-dealkylation sites (tertiary alicyclic amines) is 1. The third-order valence-electron chi connectivity index (χ3n) is 7.22. The maximum atomic E-state index is 13.3. The molecule has 6 rings (SSSR count). The van der Waals surface area contributed by atoms with Gasteiger partial charge in [0.15, 0.2) is 5.69 Å². The monoisotopic (exact) mass is 443 g/mol.